The van der Waals surface area contributed by atoms with Gasteiger partial charge in [0.2, 0.25) is 5.88 Å². The Morgan fingerprint density at radius 2 is 2.14 bits per heavy atom. The molecule has 1 aromatic carbocycles. The van der Waals surface area contributed by atoms with Crippen LogP contribution in [0.4, 0.5) is 0 Å². The van der Waals surface area contributed by atoms with Crippen LogP contribution in [0.5, 0.6) is 11.6 Å². The predicted octanol–water partition coefficient (Wildman–Crippen LogP) is 4.75. The van der Waals surface area contributed by atoms with Gasteiger partial charge in [-0.15, -0.1) is 11.8 Å². The van der Waals surface area contributed by atoms with E-state index in [-0.39, 0.29) is 0 Å². The lowest BCUT2D eigenvalue weighted by molar-refractivity contribution is 0.452. The van der Waals surface area contributed by atoms with Crippen molar-refractivity contribution in [3.63, 3.8) is 0 Å². The Hall–Kier alpha value is -1.23. The number of rotatable bonds is 7. The molecule has 5 heteroatoms. The zero-order valence-electron chi connectivity index (χ0n) is 12.2. The highest BCUT2D eigenvalue weighted by atomic mass is 35.5. The van der Waals surface area contributed by atoms with Gasteiger partial charge < -0.3 is 10.1 Å². The Morgan fingerprint density at radius 1 is 1.33 bits per heavy atom. The van der Waals surface area contributed by atoms with E-state index in [1.54, 1.807) is 18.0 Å². The zero-order valence-corrected chi connectivity index (χ0v) is 13.8. The van der Waals surface area contributed by atoms with Crippen molar-refractivity contribution in [3.05, 3.63) is 47.1 Å². The zero-order chi connectivity index (χ0) is 15.1. The third-order valence-corrected chi connectivity index (χ3v) is 3.94. The number of nitrogens with one attached hydrogen (secondary N) is 1. The summed E-state index contributed by atoms with van der Waals surface area (Å²) < 4.78 is 5.83. The minimum Gasteiger partial charge on any atom is -0.436 e. The molecule has 0 bridgehead atoms. The normalized spacial score (nSPS) is 10.6. The van der Waals surface area contributed by atoms with Gasteiger partial charge in [0.05, 0.1) is 0 Å². The van der Waals surface area contributed by atoms with E-state index in [1.807, 2.05) is 36.6 Å². The summed E-state index contributed by atoms with van der Waals surface area (Å²) >= 11 is 7.90. The summed E-state index contributed by atoms with van der Waals surface area (Å²) in [7, 11) is 0. The van der Waals surface area contributed by atoms with Gasteiger partial charge in [-0.25, -0.2) is 4.98 Å². The van der Waals surface area contributed by atoms with Crippen LogP contribution in [-0.4, -0.2) is 17.8 Å². The third-order valence-electron chi connectivity index (χ3n) is 2.90. The van der Waals surface area contributed by atoms with Crippen molar-refractivity contribution < 1.29 is 4.74 Å². The lowest BCUT2D eigenvalue weighted by Crippen LogP contribution is -2.13. The molecule has 0 saturated heterocycles. The number of para-hydroxylation sites is 1. The summed E-state index contributed by atoms with van der Waals surface area (Å²) in [6.07, 6.45) is 4.92. The fraction of sp³-hybridized carbons (Fsp3) is 0.312. The van der Waals surface area contributed by atoms with E-state index in [1.165, 1.54) is 0 Å². The minimum absolute atomic E-state index is 0.442. The van der Waals surface area contributed by atoms with E-state index in [4.69, 9.17) is 16.3 Å². The molecule has 0 radical (unpaired) electrons. The molecule has 0 saturated carbocycles. The lowest BCUT2D eigenvalue weighted by atomic mass is 10.3. The van der Waals surface area contributed by atoms with Gasteiger partial charge in [-0.3, -0.25) is 0 Å². The molecule has 0 aliphatic rings. The maximum absolute atomic E-state index is 6.27. The second-order valence-corrected chi connectivity index (χ2v) is 5.82. The molecular weight excluding hydrogens is 304 g/mol. The van der Waals surface area contributed by atoms with Crippen LogP contribution in [-0.2, 0) is 6.54 Å². The monoisotopic (exact) mass is 322 g/mol. The van der Waals surface area contributed by atoms with Gasteiger partial charge in [0.1, 0.15) is 10.8 Å². The van der Waals surface area contributed by atoms with Crippen LogP contribution in [0.2, 0.25) is 5.02 Å². The third kappa shape index (κ3) is 4.63. The standard InChI is InChI=1S/C16H19ClN2OS/c1-3-8-18-10-12-9-13(17)16(19-11-12)20-14-6-4-5-7-15(14)21-2/h4-7,9,11,18H,3,8,10H2,1-2H3. The fourth-order valence-corrected chi connectivity index (χ4v) is 2.61. The highest BCUT2D eigenvalue weighted by molar-refractivity contribution is 7.98. The fourth-order valence-electron chi connectivity index (χ4n) is 1.85. The van der Waals surface area contributed by atoms with Gasteiger partial charge >= 0.3 is 0 Å². The molecule has 0 aliphatic heterocycles. The van der Waals surface area contributed by atoms with Crippen LogP contribution in [0.3, 0.4) is 0 Å². The molecule has 1 N–H and O–H groups in total. The Balaban J connectivity index is 2.10. The smallest absolute Gasteiger partial charge is 0.238 e. The van der Waals surface area contributed by atoms with Crippen molar-refractivity contribution in [2.45, 2.75) is 24.8 Å². The number of hydrogen-bond donors (Lipinski definition) is 1. The number of hydrogen-bond acceptors (Lipinski definition) is 4. The first kappa shape index (κ1) is 16.1. The topological polar surface area (TPSA) is 34.2 Å². The van der Waals surface area contributed by atoms with Gasteiger partial charge in [-0.05, 0) is 43.0 Å². The number of ether oxygens (including phenoxy) is 1. The van der Waals surface area contributed by atoms with Crippen LogP contribution in [0, 0.1) is 0 Å². The van der Waals surface area contributed by atoms with E-state index < -0.39 is 0 Å². The van der Waals surface area contributed by atoms with Gasteiger partial charge in [0.15, 0.2) is 0 Å². The summed E-state index contributed by atoms with van der Waals surface area (Å²) in [6, 6.07) is 9.74. The second-order valence-electron chi connectivity index (χ2n) is 4.56. The first-order valence-electron chi connectivity index (χ1n) is 6.90. The first-order valence-corrected chi connectivity index (χ1v) is 8.51. The Bertz CT molecular complexity index is 592. The number of aromatic nitrogens is 1. The first-order chi connectivity index (χ1) is 10.2. The highest BCUT2D eigenvalue weighted by Gasteiger charge is 2.09. The average Bonchev–Trinajstić information content (AvgIpc) is 2.50. The molecule has 21 heavy (non-hydrogen) atoms. The quantitative estimate of drug-likeness (QED) is 0.589. The number of thioether (sulfide) groups is 1. The Labute approximate surface area is 135 Å². The van der Waals surface area contributed by atoms with E-state index in [0.29, 0.717) is 10.9 Å². The van der Waals surface area contributed by atoms with E-state index in [9.17, 15) is 0 Å². The van der Waals surface area contributed by atoms with Crippen molar-refractivity contribution in [1.82, 2.24) is 10.3 Å². The second kappa shape index (κ2) is 8.27. The minimum atomic E-state index is 0.442. The van der Waals surface area contributed by atoms with Crippen molar-refractivity contribution >= 4 is 23.4 Å². The molecule has 0 atom stereocenters. The van der Waals surface area contributed by atoms with Gasteiger partial charge in [-0.2, -0.15) is 0 Å². The molecular formula is C16H19ClN2OS. The summed E-state index contributed by atoms with van der Waals surface area (Å²) in [5.74, 6) is 1.22. The van der Waals surface area contributed by atoms with Crippen LogP contribution < -0.4 is 10.1 Å². The van der Waals surface area contributed by atoms with Crippen LogP contribution >= 0.6 is 23.4 Å². The highest BCUT2D eigenvalue weighted by Crippen LogP contribution is 2.33. The number of benzene rings is 1. The SMILES string of the molecule is CCCNCc1cnc(Oc2ccccc2SC)c(Cl)c1. The largest absolute Gasteiger partial charge is 0.436 e. The summed E-state index contributed by atoms with van der Waals surface area (Å²) in [4.78, 5) is 5.38. The average molecular weight is 323 g/mol. The van der Waals surface area contributed by atoms with Crippen LogP contribution in [0.1, 0.15) is 18.9 Å². The summed E-state index contributed by atoms with van der Waals surface area (Å²) in [5, 5.41) is 3.85. The lowest BCUT2D eigenvalue weighted by Gasteiger charge is -2.11. The summed E-state index contributed by atoms with van der Waals surface area (Å²) in [6.45, 7) is 3.89. The van der Waals surface area contributed by atoms with Crippen molar-refractivity contribution in [2.75, 3.05) is 12.8 Å². The number of halogens is 1. The Kier molecular flexibility index (Phi) is 6.36. The van der Waals surface area contributed by atoms with Crippen molar-refractivity contribution in [3.8, 4) is 11.6 Å². The molecule has 0 unspecified atom stereocenters. The van der Waals surface area contributed by atoms with Crippen molar-refractivity contribution in [1.29, 1.82) is 0 Å². The molecule has 2 rings (SSSR count). The van der Waals surface area contributed by atoms with Gasteiger partial charge in [0.25, 0.3) is 0 Å². The van der Waals surface area contributed by atoms with E-state index in [2.05, 4.69) is 17.2 Å². The molecule has 1 aromatic heterocycles. The summed E-state index contributed by atoms with van der Waals surface area (Å²) in [5.41, 5.74) is 1.05. The predicted molar refractivity (Wildman–Crippen MR) is 89.5 cm³/mol. The van der Waals surface area contributed by atoms with E-state index >= 15 is 0 Å². The molecule has 0 fully saturated rings. The molecule has 0 amide bonds. The van der Waals surface area contributed by atoms with Crippen LogP contribution in [0.15, 0.2) is 41.4 Å². The molecule has 3 nitrogen and oxygen atoms in total. The maximum Gasteiger partial charge on any atom is 0.238 e. The molecule has 112 valence electrons. The van der Waals surface area contributed by atoms with Gasteiger partial charge in [0, 0.05) is 17.6 Å². The molecule has 1 heterocycles. The van der Waals surface area contributed by atoms with E-state index in [0.717, 1.165) is 35.7 Å². The maximum atomic E-state index is 6.27. The molecule has 0 aliphatic carbocycles. The number of pyridine rings is 1. The van der Waals surface area contributed by atoms with Gasteiger partial charge in [-0.1, -0.05) is 30.7 Å². The molecule has 2 aromatic rings. The van der Waals surface area contributed by atoms with Crippen molar-refractivity contribution in [2.24, 2.45) is 0 Å². The van der Waals surface area contributed by atoms with Crippen LogP contribution in [0.25, 0.3) is 0 Å². The molecule has 0 spiro atoms. The Morgan fingerprint density at radius 3 is 2.86 bits per heavy atom. The number of nitrogens with zero attached hydrogens (tertiary/aromatic N) is 1.